The lowest BCUT2D eigenvalue weighted by atomic mass is 10.0. The molecular formula is C57H77Cl3F3N19O4. The molecule has 0 bridgehead atoms. The fourth-order valence-electron chi connectivity index (χ4n) is 8.89. The summed E-state index contributed by atoms with van der Waals surface area (Å²) in [7, 11) is 0. The number of nitrogens with two attached hydrogens (primary N) is 1. The van der Waals surface area contributed by atoms with E-state index in [0.717, 1.165) is 46.9 Å². The Morgan fingerprint density at radius 2 is 1.27 bits per heavy atom. The third-order valence-corrected chi connectivity index (χ3v) is 13.7. The number of carbonyl (C=O) groups excluding carboxylic acids is 4. The van der Waals surface area contributed by atoms with E-state index in [1.54, 1.807) is 49.3 Å². The van der Waals surface area contributed by atoms with Gasteiger partial charge in [-0.15, -0.1) is 12.8 Å². The van der Waals surface area contributed by atoms with Crippen molar-refractivity contribution in [2.75, 3.05) is 41.7 Å². The molecule has 1 saturated heterocycles. The number of halogens is 6. The van der Waals surface area contributed by atoms with Crippen LogP contribution in [-0.2, 0) is 14.4 Å². The molecule has 4 amide bonds. The molecule has 86 heavy (non-hydrogen) atoms. The van der Waals surface area contributed by atoms with E-state index in [0.29, 0.717) is 60.6 Å². The molecular weight excluding hydrogens is 1180 g/mol. The summed E-state index contributed by atoms with van der Waals surface area (Å²) in [6.45, 7) is 7.32. The van der Waals surface area contributed by atoms with Crippen molar-refractivity contribution in [3.8, 4) is 58.9 Å². The Balaban J connectivity index is -0.000000635. The SMILES string of the molecule is C#CCNC(=O)[C@H](Nc1ccnc(-c2c[nH]c3ncc(Cl)cc23)n1)C(C)C.C#CCNC(=O)[C@H]1CCCN1c1ccnc(-c2c[nH]c3ncc(Cl)cc23)n1.CC(C)(Nc1nc(-c2c[nH]c3ncc(Cl)cc23)ncc1C(N)=O)C(=O)NCCC(F)(F)F.[HH].[HH].[HH].[HH].[HH].[HH].[HH].[HH].[HH].[HH].[HH]. The number of anilines is 3. The molecule has 1 aliphatic heterocycles. The number of fused-ring (bicyclic) bond motifs is 3. The van der Waals surface area contributed by atoms with E-state index < -0.39 is 42.5 Å². The minimum Gasteiger partial charge on any atom is -0.365 e. The lowest BCUT2D eigenvalue weighted by Crippen LogP contribution is -2.49. The summed E-state index contributed by atoms with van der Waals surface area (Å²) < 4.78 is 37.1. The third-order valence-electron chi connectivity index (χ3n) is 13.1. The zero-order chi connectivity index (χ0) is 61.9. The Kier molecular flexibility index (Phi) is 19.9. The Labute approximate surface area is 520 Å². The van der Waals surface area contributed by atoms with Gasteiger partial charge in [-0.3, -0.25) is 19.2 Å². The van der Waals surface area contributed by atoms with Gasteiger partial charge in [0.25, 0.3) is 5.91 Å². The molecule has 23 nitrogen and oxygen atoms in total. The van der Waals surface area contributed by atoms with Crippen LogP contribution in [-0.4, -0.2) is 133 Å². The Morgan fingerprint density at radius 1 is 0.744 bits per heavy atom. The Morgan fingerprint density at radius 3 is 1.79 bits per heavy atom. The third kappa shape index (κ3) is 15.4. The van der Waals surface area contributed by atoms with E-state index in [1.807, 2.05) is 43.1 Å². The van der Waals surface area contributed by atoms with Crippen LogP contribution in [0.15, 0.2) is 86.1 Å². The average Bonchev–Trinajstić information content (AvgIpc) is 1.72. The van der Waals surface area contributed by atoms with Crippen molar-refractivity contribution in [2.45, 2.75) is 70.8 Å². The van der Waals surface area contributed by atoms with Gasteiger partial charge in [0.05, 0.1) is 40.1 Å². The molecule has 10 heterocycles. The van der Waals surface area contributed by atoms with E-state index >= 15 is 0 Å². The zero-order valence-electron chi connectivity index (χ0n) is 46.4. The van der Waals surface area contributed by atoms with Crippen LogP contribution in [0.4, 0.5) is 30.6 Å². The van der Waals surface area contributed by atoms with Gasteiger partial charge in [0.15, 0.2) is 17.5 Å². The van der Waals surface area contributed by atoms with Crippen LogP contribution in [0.1, 0.15) is 73.0 Å². The van der Waals surface area contributed by atoms with Gasteiger partial charge in [-0.05, 0) is 62.9 Å². The molecule has 0 aromatic carbocycles. The molecule has 9 aromatic heterocycles. The van der Waals surface area contributed by atoms with Crippen molar-refractivity contribution in [2.24, 2.45) is 11.7 Å². The minimum atomic E-state index is -4.40. The largest absolute Gasteiger partial charge is 0.390 e. The van der Waals surface area contributed by atoms with E-state index in [4.69, 9.17) is 58.4 Å². The van der Waals surface area contributed by atoms with Crippen LogP contribution in [0.25, 0.3) is 67.3 Å². The monoisotopic (exact) mass is 1250 g/mol. The molecule has 0 aliphatic carbocycles. The number of amides is 4. The molecule has 0 saturated carbocycles. The van der Waals surface area contributed by atoms with Crippen molar-refractivity contribution in [3.63, 3.8) is 0 Å². The van der Waals surface area contributed by atoms with Gasteiger partial charge < -0.3 is 52.2 Å². The maximum atomic E-state index is 12.4. The smallest absolute Gasteiger partial charge is 0.365 e. The molecule has 29 heteroatoms. The number of H-pyrrole nitrogens is 3. The highest BCUT2D eigenvalue weighted by molar-refractivity contribution is 6.32. The lowest BCUT2D eigenvalue weighted by Gasteiger charge is -2.26. The molecule has 0 radical (unpaired) electrons. The van der Waals surface area contributed by atoms with Crippen molar-refractivity contribution in [1.29, 1.82) is 0 Å². The predicted molar refractivity (Wildman–Crippen MR) is 346 cm³/mol. The predicted octanol–water partition coefficient (Wildman–Crippen LogP) is 11.0. The van der Waals surface area contributed by atoms with Gasteiger partial charge >= 0.3 is 6.18 Å². The first-order valence-electron chi connectivity index (χ1n) is 26.3. The van der Waals surface area contributed by atoms with E-state index in [9.17, 15) is 32.3 Å². The summed E-state index contributed by atoms with van der Waals surface area (Å²) in [4.78, 5) is 99.3. The van der Waals surface area contributed by atoms with Gasteiger partial charge in [-0.1, -0.05) is 60.5 Å². The summed E-state index contributed by atoms with van der Waals surface area (Å²) in [5.41, 5.74) is 7.95. The number of carbonyl (C=O) groups is 4. The highest BCUT2D eigenvalue weighted by Crippen LogP contribution is 2.33. The first-order valence-corrected chi connectivity index (χ1v) is 27.5. The quantitative estimate of drug-likeness (QED) is 0.0383. The maximum Gasteiger partial charge on any atom is 0.390 e. The molecule has 10 N–H and O–H groups in total. The first-order chi connectivity index (χ1) is 41.0. The molecule has 466 valence electrons. The number of aromatic amines is 3. The summed E-state index contributed by atoms with van der Waals surface area (Å²) in [5.74, 6) is 5.48. The molecule has 0 unspecified atom stereocenters. The maximum absolute atomic E-state index is 12.4. The zero-order valence-corrected chi connectivity index (χ0v) is 48.6. The van der Waals surface area contributed by atoms with Crippen LogP contribution >= 0.6 is 34.8 Å². The summed E-state index contributed by atoms with van der Waals surface area (Å²) in [5, 5.41) is 17.4. The standard InChI is InChI=1S/C19H19ClF3N7O2.C19H17ClN6O.C19H19ClN6O.11H2/c1-18(2,17(32)25-4-3-19(21,22)23)30-16-12(13(24)31)8-28-15(29-16)11-7-27-14-10(11)5-9(20)6-26-14;1-2-6-22-19(27)15-4-3-8-26(15)16-5-7-21-18(25-16)14-11-24-17-13(14)9-12(20)10-23-17;1-4-6-22-19(27)16(11(2)3)25-15-5-7-21-18(26-15)14-10-24-17-13(14)8-12(20)9-23-17;;;;;;;;;;;/h5-8H,3-4H2,1-2H3,(H2,24,31)(H,25,32)(H,26,27)(H,28,29,30);1,5,7,9-11,15H,3-4,6,8H2,(H,22,27)(H,23,24);1,5,7-11,16H,6H2,2-3H3,(H,22,27)(H,23,24)(H,21,25,26);11*1H/t;15-;16-;;;;;;;;;;;/m.11.........../s1. The minimum absolute atomic E-state index is 0. The second kappa shape index (κ2) is 27.4. The number of aromatic nitrogens is 12. The van der Waals surface area contributed by atoms with Gasteiger partial charge in [0.1, 0.15) is 52.0 Å². The van der Waals surface area contributed by atoms with Crippen LogP contribution in [0.3, 0.4) is 0 Å². The highest BCUT2D eigenvalue weighted by atomic mass is 35.5. The van der Waals surface area contributed by atoms with Crippen LogP contribution in [0, 0.1) is 30.6 Å². The number of nitrogens with one attached hydrogen (secondary N) is 8. The Bertz CT molecular complexity index is 4070. The second-order valence-corrected chi connectivity index (χ2v) is 21.3. The number of pyridine rings is 3. The Hall–Kier alpha value is -9.63. The topological polar surface area (TPSA) is 321 Å². The highest BCUT2D eigenvalue weighted by Gasteiger charge is 2.34. The number of hydrogen-bond donors (Lipinski definition) is 9. The first kappa shape index (κ1) is 62.4. The summed E-state index contributed by atoms with van der Waals surface area (Å²) >= 11 is 18.2. The van der Waals surface area contributed by atoms with Crippen molar-refractivity contribution >= 4 is 109 Å². The van der Waals surface area contributed by atoms with Gasteiger partial charge in [0, 0.05) is 117 Å². The number of rotatable bonds is 17. The molecule has 0 spiro atoms. The molecule has 9 aromatic rings. The van der Waals surface area contributed by atoms with Crippen LogP contribution < -0.4 is 37.2 Å². The average molecular weight is 1260 g/mol. The fourth-order valence-corrected chi connectivity index (χ4v) is 9.36. The normalized spacial score (nSPS) is 13.4. The summed E-state index contributed by atoms with van der Waals surface area (Å²) in [6.07, 6.45) is 20.9. The number of nitrogens with zero attached hydrogens (tertiary/aromatic N) is 10. The van der Waals surface area contributed by atoms with E-state index in [1.165, 1.54) is 26.2 Å². The number of primary amides is 1. The van der Waals surface area contributed by atoms with E-state index in [2.05, 4.69) is 93.2 Å². The van der Waals surface area contributed by atoms with Crippen LogP contribution in [0.5, 0.6) is 0 Å². The van der Waals surface area contributed by atoms with Gasteiger partial charge in [-0.2, -0.15) is 13.2 Å². The van der Waals surface area contributed by atoms with Crippen LogP contribution in [0.2, 0.25) is 15.1 Å². The second-order valence-electron chi connectivity index (χ2n) is 20.0. The van der Waals surface area contributed by atoms with E-state index in [-0.39, 0.29) is 69.8 Å². The molecule has 2 atom stereocenters. The van der Waals surface area contributed by atoms with Gasteiger partial charge in [-0.25, -0.2) is 44.9 Å². The van der Waals surface area contributed by atoms with Gasteiger partial charge in [0.2, 0.25) is 17.7 Å². The number of hydrogen-bond acceptors (Lipinski definition) is 16. The molecule has 1 fully saturated rings. The van der Waals surface area contributed by atoms with Crippen molar-refractivity contribution in [1.82, 2.24) is 75.8 Å². The lowest BCUT2D eigenvalue weighted by molar-refractivity contribution is -0.136. The number of alkyl halides is 3. The summed E-state index contributed by atoms with van der Waals surface area (Å²) in [6, 6.07) is 8.08. The fraction of sp³-hybridized carbons (Fsp3) is 0.281. The molecule has 10 rings (SSSR count). The number of terminal acetylenes is 2. The molecule has 1 aliphatic rings. The van der Waals surface area contributed by atoms with Crippen molar-refractivity contribution < 1.29 is 48.0 Å². The van der Waals surface area contributed by atoms with Crippen molar-refractivity contribution in [3.05, 3.63) is 107 Å².